The first kappa shape index (κ1) is 13.8. The predicted octanol–water partition coefficient (Wildman–Crippen LogP) is 3.33. The van der Waals surface area contributed by atoms with Crippen molar-refractivity contribution in [1.29, 1.82) is 0 Å². The minimum Gasteiger partial charge on any atom is -0.462 e. The Hall–Kier alpha value is -1.86. The maximum Gasteiger partial charge on any atom is 0.283 e. The van der Waals surface area contributed by atoms with E-state index in [1.165, 1.54) is 0 Å². The molecule has 2 aromatic rings. The van der Waals surface area contributed by atoms with E-state index in [1.807, 2.05) is 6.07 Å². The summed E-state index contributed by atoms with van der Waals surface area (Å²) in [7, 11) is 0. The second kappa shape index (κ2) is 4.57. The van der Waals surface area contributed by atoms with Crippen molar-refractivity contribution in [1.82, 2.24) is 4.98 Å². The maximum absolute atomic E-state index is 14.3. The number of aliphatic imine (C=N–C) groups is 1. The van der Waals surface area contributed by atoms with Crippen LogP contribution >= 0.6 is 27.5 Å². The van der Waals surface area contributed by atoms with Gasteiger partial charge in [-0.3, -0.25) is 0 Å². The van der Waals surface area contributed by atoms with Crippen LogP contribution in [0.25, 0.3) is 0 Å². The van der Waals surface area contributed by atoms with Gasteiger partial charge in [-0.2, -0.15) is 0 Å². The van der Waals surface area contributed by atoms with Crippen LogP contribution in [-0.2, 0) is 10.3 Å². The largest absolute Gasteiger partial charge is 0.462 e. The summed E-state index contributed by atoms with van der Waals surface area (Å²) in [6.07, 6.45) is 0. The summed E-state index contributed by atoms with van der Waals surface area (Å²) < 4.78 is 26.1. The van der Waals surface area contributed by atoms with Crippen molar-refractivity contribution < 1.29 is 13.9 Å². The minimum absolute atomic E-state index is 0.0124. The maximum atomic E-state index is 14.3. The molecule has 2 aliphatic rings. The third kappa shape index (κ3) is 1.82. The van der Waals surface area contributed by atoms with E-state index in [-0.39, 0.29) is 29.2 Å². The van der Waals surface area contributed by atoms with Crippen molar-refractivity contribution >= 4 is 33.6 Å². The summed E-state index contributed by atoms with van der Waals surface area (Å²) in [6, 6.07) is 6.45. The molecule has 1 aromatic heterocycles. The highest BCUT2D eigenvalue weighted by atomic mass is 79.9. The number of hydrogen-bond acceptors (Lipinski definition) is 5. The normalized spacial score (nSPS) is 21.7. The first-order valence-electron chi connectivity index (χ1n) is 6.32. The summed E-state index contributed by atoms with van der Waals surface area (Å²) in [5, 5.41) is 0.0124. The molecule has 1 atom stereocenters. The molecule has 0 bridgehead atoms. The smallest absolute Gasteiger partial charge is 0.283 e. The molecule has 0 saturated heterocycles. The molecule has 112 valence electrons. The molecule has 0 saturated carbocycles. The van der Waals surface area contributed by atoms with Gasteiger partial charge in [-0.15, -0.1) is 0 Å². The average molecular weight is 385 g/mol. The van der Waals surface area contributed by atoms with Gasteiger partial charge in [-0.05, 0) is 18.2 Å². The number of hydrogen-bond donors (Lipinski definition) is 1. The quantitative estimate of drug-likeness (QED) is 0.707. The molecule has 2 aliphatic heterocycles. The van der Waals surface area contributed by atoms with Gasteiger partial charge in [-0.25, -0.2) is 14.4 Å². The fourth-order valence-corrected chi connectivity index (χ4v) is 3.23. The summed E-state index contributed by atoms with van der Waals surface area (Å²) in [5.41, 5.74) is 5.56. The molecular formula is C14H8BrClFN3O2. The number of halogens is 3. The van der Waals surface area contributed by atoms with E-state index in [2.05, 4.69) is 25.9 Å². The van der Waals surface area contributed by atoms with Crippen molar-refractivity contribution in [2.24, 2.45) is 10.7 Å². The molecule has 5 nitrogen and oxygen atoms in total. The Bertz CT molecular complexity index is 845. The average Bonchev–Trinajstić information content (AvgIpc) is 2.85. The molecule has 1 spiro atoms. The number of ether oxygens (including phenoxy) is 2. The van der Waals surface area contributed by atoms with Crippen molar-refractivity contribution in [2.45, 2.75) is 5.54 Å². The zero-order chi connectivity index (χ0) is 15.5. The summed E-state index contributed by atoms with van der Waals surface area (Å²) >= 11 is 9.31. The van der Waals surface area contributed by atoms with Gasteiger partial charge < -0.3 is 15.2 Å². The van der Waals surface area contributed by atoms with Gasteiger partial charge in [0.2, 0.25) is 0 Å². The van der Waals surface area contributed by atoms with Gasteiger partial charge in [-0.1, -0.05) is 27.5 Å². The predicted molar refractivity (Wildman–Crippen MR) is 81.8 cm³/mol. The Morgan fingerprint density at radius 3 is 2.91 bits per heavy atom. The molecular weight excluding hydrogens is 377 g/mol. The zero-order valence-electron chi connectivity index (χ0n) is 10.9. The lowest BCUT2D eigenvalue weighted by Crippen LogP contribution is -2.32. The second-order valence-corrected chi connectivity index (χ2v) is 6.25. The fourth-order valence-electron chi connectivity index (χ4n) is 2.69. The number of benzene rings is 1. The fraction of sp³-hybridized carbons (Fsp3) is 0.143. The topological polar surface area (TPSA) is 69.7 Å². The van der Waals surface area contributed by atoms with Crippen LogP contribution < -0.4 is 10.5 Å². The summed E-state index contributed by atoms with van der Waals surface area (Å²) in [5.74, 6) is -0.148. The Morgan fingerprint density at radius 1 is 1.36 bits per heavy atom. The van der Waals surface area contributed by atoms with Gasteiger partial charge >= 0.3 is 0 Å². The lowest BCUT2D eigenvalue weighted by Gasteiger charge is -2.32. The van der Waals surface area contributed by atoms with E-state index in [0.29, 0.717) is 11.3 Å². The lowest BCUT2D eigenvalue weighted by atomic mass is 9.85. The van der Waals surface area contributed by atoms with Crippen molar-refractivity contribution in [3.05, 3.63) is 51.0 Å². The molecule has 1 unspecified atom stereocenters. The highest BCUT2D eigenvalue weighted by Gasteiger charge is 2.49. The van der Waals surface area contributed by atoms with Crippen molar-refractivity contribution in [3.63, 3.8) is 0 Å². The van der Waals surface area contributed by atoms with Gasteiger partial charge in [0.05, 0.1) is 0 Å². The second-order valence-electron chi connectivity index (χ2n) is 4.95. The SMILES string of the molecule is NC1=NC2(CO1)c1cc(Br)ccc1Oc1c(F)cc(Cl)nc12. The number of nitrogens with zero attached hydrogens (tertiary/aromatic N) is 2. The van der Waals surface area contributed by atoms with Crippen LogP contribution in [0.4, 0.5) is 4.39 Å². The van der Waals surface area contributed by atoms with Crippen LogP contribution in [0.15, 0.2) is 33.7 Å². The van der Waals surface area contributed by atoms with Crippen LogP contribution in [0.5, 0.6) is 11.5 Å². The molecule has 22 heavy (non-hydrogen) atoms. The van der Waals surface area contributed by atoms with Crippen LogP contribution in [0, 0.1) is 5.82 Å². The highest BCUT2D eigenvalue weighted by Crippen LogP contribution is 2.51. The van der Waals surface area contributed by atoms with Crippen LogP contribution in [-0.4, -0.2) is 17.6 Å². The number of amidine groups is 1. The molecule has 4 rings (SSSR count). The van der Waals surface area contributed by atoms with E-state index in [0.717, 1.165) is 10.5 Å². The minimum atomic E-state index is -1.07. The summed E-state index contributed by atoms with van der Waals surface area (Å²) in [4.78, 5) is 8.58. The number of aromatic nitrogens is 1. The lowest BCUT2D eigenvalue weighted by molar-refractivity contribution is 0.257. The number of pyridine rings is 1. The summed E-state index contributed by atoms with van der Waals surface area (Å²) in [6.45, 7) is 0.103. The van der Waals surface area contributed by atoms with Crippen LogP contribution in [0.1, 0.15) is 11.3 Å². The number of fused-ring (bicyclic) bond motifs is 4. The van der Waals surface area contributed by atoms with Gasteiger partial charge in [0.1, 0.15) is 23.2 Å². The van der Waals surface area contributed by atoms with Gasteiger partial charge in [0.15, 0.2) is 17.1 Å². The Labute approximate surface area is 138 Å². The van der Waals surface area contributed by atoms with Gasteiger partial charge in [0, 0.05) is 16.1 Å². The third-order valence-electron chi connectivity index (χ3n) is 3.62. The van der Waals surface area contributed by atoms with Crippen LogP contribution in [0.3, 0.4) is 0 Å². The molecule has 0 fully saturated rings. The van der Waals surface area contributed by atoms with E-state index >= 15 is 0 Å². The van der Waals surface area contributed by atoms with E-state index < -0.39 is 11.4 Å². The Kier molecular flexibility index (Phi) is 2.86. The zero-order valence-corrected chi connectivity index (χ0v) is 13.3. The molecule has 3 heterocycles. The first-order chi connectivity index (χ1) is 10.5. The van der Waals surface area contributed by atoms with E-state index in [4.69, 9.17) is 26.8 Å². The number of nitrogens with two attached hydrogens (primary N) is 1. The van der Waals surface area contributed by atoms with E-state index in [1.54, 1.807) is 12.1 Å². The van der Waals surface area contributed by atoms with Crippen molar-refractivity contribution in [2.75, 3.05) is 6.61 Å². The van der Waals surface area contributed by atoms with Crippen LogP contribution in [0.2, 0.25) is 5.15 Å². The van der Waals surface area contributed by atoms with Gasteiger partial charge in [0.25, 0.3) is 6.02 Å². The third-order valence-corrected chi connectivity index (χ3v) is 4.30. The van der Waals surface area contributed by atoms with Crippen molar-refractivity contribution in [3.8, 4) is 11.5 Å². The highest BCUT2D eigenvalue weighted by molar-refractivity contribution is 9.10. The Balaban J connectivity index is 2.08. The van der Waals surface area contributed by atoms with E-state index in [9.17, 15) is 4.39 Å². The standard InChI is InChI=1S/C14H8BrClFN3O2/c15-6-1-2-9-7(3-6)14(5-21-13(18)20-14)12-11(22-9)8(17)4-10(16)19-12/h1-4H,5H2,(H2,18,20). The monoisotopic (exact) mass is 383 g/mol. The molecule has 0 aliphatic carbocycles. The molecule has 1 aromatic carbocycles. The Morgan fingerprint density at radius 2 is 2.18 bits per heavy atom. The first-order valence-corrected chi connectivity index (χ1v) is 7.49. The molecule has 0 radical (unpaired) electrons. The number of rotatable bonds is 0. The molecule has 0 amide bonds. The molecule has 8 heteroatoms. The molecule has 2 N–H and O–H groups in total.